The third kappa shape index (κ3) is 2.44. The Bertz CT molecular complexity index is 191. The van der Waals surface area contributed by atoms with Crippen LogP contribution in [-0.4, -0.2) is 36.1 Å². The maximum Gasteiger partial charge on any atom is 0.306 e. The van der Waals surface area contributed by atoms with Gasteiger partial charge in [-0.15, -0.1) is 0 Å². The van der Waals surface area contributed by atoms with E-state index in [9.17, 15) is 4.79 Å². The fourth-order valence-corrected chi connectivity index (χ4v) is 2.13. The summed E-state index contributed by atoms with van der Waals surface area (Å²) in [4.78, 5) is 13.2. The van der Waals surface area contributed by atoms with E-state index in [1.807, 2.05) is 0 Å². The molecule has 1 aliphatic heterocycles. The number of hydrogen-bond acceptors (Lipinski definition) is 2. The summed E-state index contributed by atoms with van der Waals surface area (Å²) in [6.45, 7) is 6.06. The number of piperidine rings is 1. The standard InChI is InChI=1S/C10H19NO2/c1-7(2)9-6-11(3)5-4-8(9)10(12)13/h7-9H,4-6H2,1-3H3,(H,12,13). The van der Waals surface area contributed by atoms with Crippen LogP contribution in [0.5, 0.6) is 0 Å². The Kier molecular flexibility index (Phi) is 3.31. The maximum atomic E-state index is 11.0. The van der Waals surface area contributed by atoms with Crippen LogP contribution in [0.1, 0.15) is 20.3 Å². The van der Waals surface area contributed by atoms with Crippen molar-refractivity contribution in [1.82, 2.24) is 4.90 Å². The lowest BCUT2D eigenvalue weighted by atomic mass is 9.79. The third-order valence-electron chi connectivity index (χ3n) is 3.03. The van der Waals surface area contributed by atoms with Crippen LogP contribution in [0.15, 0.2) is 0 Å². The smallest absolute Gasteiger partial charge is 0.306 e. The van der Waals surface area contributed by atoms with Gasteiger partial charge in [-0.2, -0.15) is 0 Å². The molecule has 0 radical (unpaired) electrons. The van der Waals surface area contributed by atoms with Gasteiger partial charge in [0, 0.05) is 6.54 Å². The average Bonchev–Trinajstić information content (AvgIpc) is 2.03. The first-order chi connectivity index (χ1) is 6.02. The number of hydrogen-bond donors (Lipinski definition) is 1. The summed E-state index contributed by atoms with van der Waals surface area (Å²) in [7, 11) is 2.06. The molecule has 1 aliphatic rings. The van der Waals surface area contributed by atoms with Gasteiger partial charge in [0.15, 0.2) is 0 Å². The number of rotatable bonds is 2. The van der Waals surface area contributed by atoms with E-state index in [0.29, 0.717) is 11.8 Å². The van der Waals surface area contributed by atoms with E-state index in [1.54, 1.807) is 0 Å². The normalized spacial score (nSPS) is 30.8. The molecule has 3 nitrogen and oxygen atoms in total. The molecule has 76 valence electrons. The molecule has 1 rings (SSSR count). The van der Waals surface area contributed by atoms with Crippen LogP contribution < -0.4 is 0 Å². The van der Waals surface area contributed by atoms with Gasteiger partial charge >= 0.3 is 5.97 Å². The van der Waals surface area contributed by atoms with E-state index in [1.165, 1.54) is 0 Å². The van der Waals surface area contributed by atoms with E-state index < -0.39 is 5.97 Å². The molecule has 1 fully saturated rings. The lowest BCUT2D eigenvalue weighted by Gasteiger charge is -2.36. The van der Waals surface area contributed by atoms with Crippen LogP contribution in [0.25, 0.3) is 0 Å². The second-order valence-electron chi connectivity index (χ2n) is 4.40. The number of carboxylic acid groups (broad SMARTS) is 1. The molecule has 2 unspecified atom stereocenters. The third-order valence-corrected chi connectivity index (χ3v) is 3.03. The molecule has 2 atom stereocenters. The number of nitrogens with zero attached hydrogens (tertiary/aromatic N) is 1. The minimum Gasteiger partial charge on any atom is -0.481 e. The molecule has 0 aromatic heterocycles. The highest BCUT2D eigenvalue weighted by Gasteiger charge is 2.34. The fourth-order valence-electron chi connectivity index (χ4n) is 2.13. The highest BCUT2D eigenvalue weighted by Crippen LogP contribution is 2.28. The highest BCUT2D eigenvalue weighted by molar-refractivity contribution is 5.70. The number of aliphatic carboxylic acids is 1. The van der Waals surface area contributed by atoms with E-state index in [0.717, 1.165) is 19.5 Å². The van der Waals surface area contributed by atoms with Gasteiger partial charge in [0.25, 0.3) is 0 Å². The zero-order chi connectivity index (χ0) is 10.0. The minimum absolute atomic E-state index is 0.129. The molecular formula is C10H19NO2. The van der Waals surface area contributed by atoms with E-state index >= 15 is 0 Å². The summed E-state index contributed by atoms with van der Waals surface area (Å²) in [5, 5.41) is 9.03. The lowest BCUT2D eigenvalue weighted by molar-refractivity contribution is -0.146. The molecule has 3 heteroatoms. The van der Waals surface area contributed by atoms with Gasteiger partial charge in [-0.3, -0.25) is 4.79 Å². The second kappa shape index (κ2) is 4.09. The summed E-state index contributed by atoms with van der Waals surface area (Å²) in [6.07, 6.45) is 0.800. The molecule has 0 saturated carbocycles. The van der Waals surface area contributed by atoms with Crippen LogP contribution in [0.2, 0.25) is 0 Å². The largest absolute Gasteiger partial charge is 0.481 e. The molecule has 0 aromatic carbocycles. The Morgan fingerprint density at radius 3 is 2.62 bits per heavy atom. The zero-order valence-electron chi connectivity index (χ0n) is 8.66. The van der Waals surface area contributed by atoms with Gasteiger partial charge in [-0.1, -0.05) is 13.8 Å². The summed E-state index contributed by atoms with van der Waals surface area (Å²) < 4.78 is 0. The lowest BCUT2D eigenvalue weighted by Crippen LogP contribution is -2.43. The molecular weight excluding hydrogens is 166 g/mol. The molecule has 1 saturated heterocycles. The Labute approximate surface area is 79.7 Å². The van der Waals surface area contributed by atoms with Gasteiger partial charge < -0.3 is 10.0 Å². The topological polar surface area (TPSA) is 40.5 Å². The Morgan fingerprint density at radius 2 is 2.15 bits per heavy atom. The van der Waals surface area contributed by atoms with Crippen molar-refractivity contribution in [2.75, 3.05) is 20.1 Å². The first-order valence-electron chi connectivity index (χ1n) is 4.93. The van der Waals surface area contributed by atoms with Gasteiger partial charge in [-0.25, -0.2) is 0 Å². The van der Waals surface area contributed by atoms with Crippen molar-refractivity contribution in [3.8, 4) is 0 Å². The summed E-state index contributed by atoms with van der Waals surface area (Å²) >= 11 is 0. The summed E-state index contributed by atoms with van der Waals surface area (Å²) in [6, 6.07) is 0. The van der Waals surface area contributed by atoms with Crippen LogP contribution in [0, 0.1) is 17.8 Å². The first-order valence-corrected chi connectivity index (χ1v) is 4.93. The molecule has 0 bridgehead atoms. The zero-order valence-corrected chi connectivity index (χ0v) is 8.66. The van der Waals surface area contributed by atoms with E-state index in [4.69, 9.17) is 5.11 Å². The number of carbonyl (C=O) groups is 1. The molecule has 1 N–H and O–H groups in total. The van der Waals surface area contributed by atoms with E-state index in [2.05, 4.69) is 25.8 Å². The van der Waals surface area contributed by atoms with Crippen molar-refractivity contribution in [1.29, 1.82) is 0 Å². The molecule has 0 amide bonds. The number of likely N-dealkylation sites (tertiary alicyclic amines) is 1. The van der Waals surface area contributed by atoms with Crippen molar-refractivity contribution >= 4 is 5.97 Å². The van der Waals surface area contributed by atoms with Gasteiger partial charge in [0.2, 0.25) is 0 Å². The first kappa shape index (κ1) is 10.5. The summed E-state index contributed by atoms with van der Waals surface area (Å²) in [5.41, 5.74) is 0. The molecule has 1 heterocycles. The monoisotopic (exact) mass is 185 g/mol. The molecule has 0 aliphatic carbocycles. The van der Waals surface area contributed by atoms with Crippen LogP contribution in [-0.2, 0) is 4.79 Å². The van der Waals surface area contributed by atoms with Crippen LogP contribution in [0.3, 0.4) is 0 Å². The fraction of sp³-hybridized carbons (Fsp3) is 0.900. The van der Waals surface area contributed by atoms with Crippen molar-refractivity contribution in [2.45, 2.75) is 20.3 Å². The Balaban J connectivity index is 2.66. The quantitative estimate of drug-likeness (QED) is 0.705. The highest BCUT2D eigenvalue weighted by atomic mass is 16.4. The summed E-state index contributed by atoms with van der Waals surface area (Å²) in [5.74, 6) is 0.0306. The molecule has 0 aromatic rings. The SMILES string of the molecule is CC(C)C1CN(C)CCC1C(=O)O. The predicted octanol–water partition coefficient (Wildman–Crippen LogP) is 1.29. The van der Waals surface area contributed by atoms with Gasteiger partial charge in [0.05, 0.1) is 5.92 Å². The average molecular weight is 185 g/mol. The van der Waals surface area contributed by atoms with Crippen LogP contribution in [0.4, 0.5) is 0 Å². The molecule has 13 heavy (non-hydrogen) atoms. The maximum absolute atomic E-state index is 11.0. The van der Waals surface area contributed by atoms with E-state index in [-0.39, 0.29) is 5.92 Å². The van der Waals surface area contributed by atoms with Gasteiger partial charge in [-0.05, 0) is 31.8 Å². The molecule has 0 spiro atoms. The van der Waals surface area contributed by atoms with Crippen molar-refractivity contribution in [3.05, 3.63) is 0 Å². The minimum atomic E-state index is -0.619. The Morgan fingerprint density at radius 1 is 1.54 bits per heavy atom. The van der Waals surface area contributed by atoms with Gasteiger partial charge in [0.1, 0.15) is 0 Å². The van der Waals surface area contributed by atoms with Crippen molar-refractivity contribution in [2.24, 2.45) is 17.8 Å². The van der Waals surface area contributed by atoms with Crippen molar-refractivity contribution in [3.63, 3.8) is 0 Å². The predicted molar refractivity (Wildman–Crippen MR) is 51.6 cm³/mol. The second-order valence-corrected chi connectivity index (χ2v) is 4.40. The van der Waals surface area contributed by atoms with Crippen LogP contribution >= 0.6 is 0 Å². The number of carboxylic acids is 1. The Hall–Kier alpha value is -0.570. The van der Waals surface area contributed by atoms with Crippen molar-refractivity contribution < 1.29 is 9.90 Å².